The summed E-state index contributed by atoms with van der Waals surface area (Å²) >= 11 is 0. The topological polar surface area (TPSA) is 3.24 Å². The monoisotopic (exact) mass is 817 g/mol. The summed E-state index contributed by atoms with van der Waals surface area (Å²) in [4.78, 5) is 2.52. The molecule has 0 saturated heterocycles. The average Bonchev–Trinajstić information content (AvgIpc) is 3.37. The Morgan fingerprint density at radius 3 is 1.57 bits per heavy atom. The maximum Gasteiger partial charge on any atom is 0.0560 e. The van der Waals surface area contributed by atoms with Crippen LogP contribution in [0.15, 0.2) is 228 Å². The van der Waals surface area contributed by atoms with Crippen LogP contribution >= 0.6 is 0 Å². The van der Waals surface area contributed by atoms with Gasteiger partial charge in [-0.2, -0.15) is 0 Å². The van der Waals surface area contributed by atoms with Crippen LogP contribution in [-0.2, 0) is 0 Å². The van der Waals surface area contributed by atoms with Gasteiger partial charge in [0.15, 0.2) is 0 Å². The minimum atomic E-state index is 0.217. The fourth-order valence-corrected chi connectivity index (χ4v) is 10.5. The molecule has 5 aliphatic rings. The van der Waals surface area contributed by atoms with E-state index in [1.807, 2.05) is 0 Å². The van der Waals surface area contributed by atoms with Crippen molar-refractivity contribution in [2.24, 2.45) is 5.92 Å². The Morgan fingerprint density at radius 2 is 1.03 bits per heavy atom. The molecule has 0 N–H and O–H groups in total. The van der Waals surface area contributed by atoms with E-state index in [9.17, 15) is 0 Å². The molecule has 0 aliphatic heterocycles. The smallest absolute Gasteiger partial charge is 0.0560 e. The highest BCUT2D eigenvalue weighted by molar-refractivity contribution is 5.74. The highest BCUT2D eigenvalue weighted by Crippen LogP contribution is 2.42. The lowest BCUT2D eigenvalue weighted by molar-refractivity contribution is 0.526. The van der Waals surface area contributed by atoms with Crippen LogP contribution in [0.2, 0.25) is 0 Å². The Hall–Kier alpha value is -6.44. The molecule has 5 aromatic rings. The Morgan fingerprint density at radius 1 is 0.492 bits per heavy atom. The molecule has 1 nitrogen and oxygen atoms in total. The zero-order chi connectivity index (χ0) is 42.4. The molecule has 0 heterocycles. The molecule has 0 amide bonds. The molecular weight excluding hydrogens is 759 g/mol. The second kappa shape index (κ2) is 18.9. The van der Waals surface area contributed by atoms with Crippen molar-refractivity contribution in [3.05, 3.63) is 245 Å². The van der Waals surface area contributed by atoms with E-state index in [0.29, 0.717) is 5.92 Å². The molecule has 1 heteroatoms. The van der Waals surface area contributed by atoms with Crippen molar-refractivity contribution in [2.45, 2.75) is 83.1 Å². The Bertz CT molecular complexity index is 2690. The van der Waals surface area contributed by atoms with Gasteiger partial charge < -0.3 is 4.90 Å². The summed E-state index contributed by atoms with van der Waals surface area (Å²) in [6.07, 6.45) is 39.5. The van der Waals surface area contributed by atoms with Gasteiger partial charge in [-0.1, -0.05) is 189 Å². The summed E-state index contributed by atoms with van der Waals surface area (Å²) in [5, 5.41) is 0. The van der Waals surface area contributed by atoms with E-state index in [-0.39, 0.29) is 12.0 Å². The van der Waals surface area contributed by atoms with Gasteiger partial charge in [-0.05, 0) is 161 Å². The highest BCUT2D eigenvalue weighted by Gasteiger charge is 2.26. The van der Waals surface area contributed by atoms with Crippen LogP contribution in [0.5, 0.6) is 0 Å². The lowest BCUT2D eigenvalue weighted by atomic mass is 9.75. The van der Waals surface area contributed by atoms with Crippen molar-refractivity contribution < 1.29 is 0 Å². The third-order valence-electron chi connectivity index (χ3n) is 14.1. The van der Waals surface area contributed by atoms with Crippen molar-refractivity contribution in [3.63, 3.8) is 0 Å². The van der Waals surface area contributed by atoms with Crippen LogP contribution in [0.25, 0.3) is 27.8 Å². The first-order valence-corrected chi connectivity index (χ1v) is 23.6. The SMILES string of the molecule is CC1CCCC=C1[C@@H](c1ccc(C2=CC=C(C3=CC=CCC3)CC2)cc1)c1ccc(-c2ccc(N(c3ccc(-c4ccccc4)cc3)C3C=CC(C4=CC=CCC4)=CC3)cc2)cc1. The fraction of sp³-hybridized carbons (Fsp3) is 0.226. The van der Waals surface area contributed by atoms with E-state index in [1.54, 1.807) is 5.57 Å². The molecule has 0 radical (unpaired) electrons. The first kappa shape index (κ1) is 40.6. The van der Waals surface area contributed by atoms with Gasteiger partial charge >= 0.3 is 0 Å². The Kier molecular flexibility index (Phi) is 12.2. The van der Waals surface area contributed by atoms with E-state index in [0.717, 1.165) is 38.5 Å². The van der Waals surface area contributed by atoms with Crippen molar-refractivity contribution in [3.8, 4) is 22.3 Å². The summed E-state index contributed by atoms with van der Waals surface area (Å²) in [5.74, 6) is 0.832. The van der Waals surface area contributed by atoms with Gasteiger partial charge in [0.2, 0.25) is 0 Å². The van der Waals surface area contributed by atoms with Gasteiger partial charge in [-0.3, -0.25) is 0 Å². The van der Waals surface area contributed by atoms with Gasteiger partial charge in [-0.15, -0.1) is 0 Å². The fourth-order valence-electron chi connectivity index (χ4n) is 10.5. The van der Waals surface area contributed by atoms with Crippen LogP contribution in [0.1, 0.15) is 93.7 Å². The standard InChI is InChI=1S/C62H59N/c1-45-13-11-12-20-61(45)62(56-29-25-51(26-30-56)50-23-21-49(22-24-50)46-14-5-2-6-15-46)57-31-27-52(28-32-57)55-37-43-60(44-38-55)63(58-39-33-53(34-40-58)47-16-7-3-8-17-47)59-41-35-54(36-42-59)48-18-9-4-10-19-48/h2-5,7-9,14,16-18,20-21,23,25-41,43-45,59,62H,6,10-13,15,19,22,24,42H2,1H3/t45?,59?,62-/m0/s1. The second-order valence-electron chi connectivity index (χ2n) is 18.1. The molecule has 10 rings (SSSR count). The minimum Gasteiger partial charge on any atom is -0.334 e. The quantitative estimate of drug-likeness (QED) is 0.120. The van der Waals surface area contributed by atoms with Gasteiger partial charge in [0.25, 0.3) is 0 Å². The van der Waals surface area contributed by atoms with Crippen LogP contribution in [-0.4, -0.2) is 6.04 Å². The number of rotatable bonds is 11. The molecule has 0 bridgehead atoms. The van der Waals surface area contributed by atoms with Crippen LogP contribution in [0.4, 0.5) is 11.4 Å². The van der Waals surface area contributed by atoms with E-state index in [4.69, 9.17) is 0 Å². The molecule has 0 fully saturated rings. The van der Waals surface area contributed by atoms with E-state index >= 15 is 0 Å². The molecule has 0 aromatic heterocycles. The third-order valence-corrected chi connectivity index (χ3v) is 14.1. The molecule has 3 atom stereocenters. The van der Waals surface area contributed by atoms with Crippen molar-refractivity contribution >= 4 is 16.9 Å². The third kappa shape index (κ3) is 9.07. The first-order chi connectivity index (χ1) is 31.1. The van der Waals surface area contributed by atoms with Gasteiger partial charge in [0.1, 0.15) is 0 Å². The average molecular weight is 818 g/mol. The molecule has 0 saturated carbocycles. The van der Waals surface area contributed by atoms with Crippen LogP contribution in [0.3, 0.4) is 0 Å². The second-order valence-corrected chi connectivity index (χ2v) is 18.1. The molecule has 5 aliphatic carbocycles. The number of hydrogen-bond acceptors (Lipinski definition) is 1. The summed E-state index contributed by atoms with van der Waals surface area (Å²) in [5.41, 5.74) is 20.4. The normalized spacial score (nSPS) is 20.1. The first-order valence-electron chi connectivity index (χ1n) is 23.6. The highest BCUT2D eigenvalue weighted by atomic mass is 15.2. The van der Waals surface area contributed by atoms with E-state index in [1.165, 1.54) is 104 Å². The molecular formula is C62H59N. The number of allylic oxidation sites excluding steroid dienone is 16. The van der Waals surface area contributed by atoms with E-state index in [2.05, 4.69) is 212 Å². The summed E-state index contributed by atoms with van der Waals surface area (Å²) in [6, 6.07) is 48.3. The molecule has 5 aromatic carbocycles. The number of anilines is 2. The summed E-state index contributed by atoms with van der Waals surface area (Å²) < 4.78 is 0. The van der Waals surface area contributed by atoms with Gasteiger partial charge in [0.05, 0.1) is 6.04 Å². The Labute approximate surface area is 376 Å². The zero-order valence-electron chi connectivity index (χ0n) is 36.8. The molecule has 0 spiro atoms. The van der Waals surface area contributed by atoms with E-state index < -0.39 is 0 Å². The largest absolute Gasteiger partial charge is 0.334 e. The van der Waals surface area contributed by atoms with Crippen molar-refractivity contribution in [2.75, 3.05) is 4.90 Å². The van der Waals surface area contributed by atoms with Crippen molar-refractivity contribution in [1.82, 2.24) is 0 Å². The molecule has 63 heavy (non-hydrogen) atoms. The maximum absolute atomic E-state index is 2.55. The number of hydrogen-bond donors (Lipinski definition) is 0. The van der Waals surface area contributed by atoms with Gasteiger partial charge in [0, 0.05) is 17.3 Å². The lowest BCUT2D eigenvalue weighted by Gasteiger charge is -2.34. The van der Waals surface area contributed by atoms with Gasteiger partial charge in [-0.25, -0.2) is 0 Å². The zero-order valence-corrected chi connectivity index (χ0v) is 36.8. The van der Waals surface area contributed by atoms with Crippen LogP contribution < -0.4 is 4.90 Å². The lowest BCUT2D eigenvalue weighted by Crippen LogP contribution is -2.30. The minimum absolute atomic E-state index is 0.217. The summed E-state index contributed by atoms with van der Waals surface area (Å²) in [6.45, 7) is 2.43. The molecule has 312 valence electrons. The van der Waals surface area contributed by atoms with Crippen molar-refractivity contribution in [1.29, 1.82) is 0 Å². The molecule has 2 unspecified atom stereocenters. The summed E-state index contributed by atoms with van der Waals surface area (Å²) in [7, 11) is 0. The number of benzene rings is 5. The van der Waals surface area contributed by atoms with Crippen LogP contribution in [0, 0.1) is 5.92 Å². The maximum atomic E-state index is 2.55. The predicted octanol–water partition coefficient (Wildman–Crippen LogP) is 16.9. The Balaban J connectivity index is 0.905. The number of nitrogens with zero attached hydrogens (tertiary/aromatic N) is 1. The predicted molar refractivity (Wildman–Crippen MR) is 269 cm³/mol.